The van der Waals surface area contributed by atoms with E-state index < -0.39 is 0 Å². The molecule has 22 heavy (non-hydrogen) atoms. The molecule has 0 aromatic heterocycles. The Morgan fingerprint density at radius 3 is 2.09 bits per heavy atom. The van der Waals surface area contributed by atoms with Gasteiger partial charge in [0.25, 0.3) is 0 Å². The van der Waals surface area contributed by atoms with E-state index in [0.29, 0.717) is 0 Å². The van der Waals surface area contributed by atoms with Crippen molar-refractivity contribution in [2.75, 3.05) is 7.11 Å². The molecule has 116 valence electrons. The van der Waals surface area contributed by atoms with E-state index in [4.69, 9.17) is 4.74 Å². The Kier molecular flexibility index (Phi) is 5.02. The van der Waals surface area contributed by atoms with E-state index in [1.807, 2.05) is 24.3 Å². The molecule has 2 aromatic rings. The number of allylic oxidation sites excluding steroid dienone is 2. The van der Waals surface area contributed by atoms with Gasteiger partial charge in [-0.2, -0.15) is 0 Å². The second-order valence-corrected chi connectivity index (χ2v) is 6.57. The first-order chi connectivity index (χ1) is 10.4. The summed E-state index contributed by atoms with van der Waals surface area (Å²) in [5.41, 5.74) is 3.59. The van der Waals surface area contributed by atoms with Gasteiger partial charge in [0.2, 0.25) is 0 Å². The number of benzene rings is 2. The molecule has 2 heteroatoms. The normalized spacial score (nSPS) is 12.3. The van der Waals surface area contributed by atoms with Crippen molar-refractivity contribution in [1.82, 2.24) is 0 Å². The summed E-state index contributed by atoms with van der Waals surface area (Å²) in [5, 5.41) is 0. The van der Waals surface area contributed by atoms with E-state index in [9.17, 15) is 4.39 Å². The lowest BCUT2D eigenvalue weighted by molar-refractivity contribution is 0.415. The zero-order valence-electron chi connectivity index (χ0n) is 13.7. The molecule has 0 fully saturated rings. The zero-order valence-corrected chi connectivity index (χ0v) is 13.7. The highest BCUT2D eigenvalue weighted by molar-refractivity contribution is 5.68. The predicted octanol–water partition coefficient (Wildman–Crippen LogP) is 5.51. The van der Waals surface area contributed by atoms with E-state index in [1.165, 1.54) is 23.3 Å². The van der Waals surface area contributed by atoms with E-state index in [0.717, 1.165) is 17.7 Å². The summed E-state index contributed by atoms with van der Waals surface area (Å²) in [6, 6.07) is 14.8. The lowest BCUT2D eigenvalue weighted by atomic mass is 9.88. The van der Waals surface area contributed by atoms with Crippen LogP contribution in [-0.4, -0.2) is 7.11 Å². The first kappa shape index (κ1) is 16.3. The summed E-state index contributed by atoms with van der Waals surface area (Å²) >= 11 is 0. The second-order valence-electron chi connectivity index (χ2n) is 6.57. The number of hydrogen-bond acceptors (Lipinski definition) is 1. The number of ether oxygens (including phenoxy) is 1. The van der Waals surface area contributed by atoms with Crippen LogP contribution < -0.4 is 4.74 Å². The zero-order chi connectivity index (χ0) is 16.2. The van der Waals surface area contributed by atoms with Crippen LogP contribution in [0, 0.1) is 11.2 Å². The average molecular weight is 298 g/mol. The molecule has 0 saturated heterocycles. The van der Waals surface area contributed by atoms with Crippen LogP contribution in [0.25, 0.3) is 5.57 Å². The van der Waals surface area contributed by atoms with Gasteiger partial charge in [-0.15, -0.1) is 0 Å². The van der Waals surface area contributed by atoms with E-state index >= 15 is 0 Å². The monoisotopic (exact) mass is 298 g/mol. The van der Waals surface area contributed by atoms with Gasteiger partial charge < -0.3 is 4.74 Å². The van der Waals surface area contributed by atoms with Crippen LogP contribution in [0.15, 0.2) is 54.6 Å². The summed E-state index contributed by atoms with van der Waals surface area (Å²) in [4.78, 5) is 0. The van der Waals surface area contributed by atoms with Crippen LogP contribution in [0.1, 0.15) is 31.9 Å². The highest BCUT2D eigenvalue weighted by Gasteiger charge is 2.11. The highest BCUT2D eigenvalue weighted by Crippen LogP contribution is 2.28. The van der Waals surface area contributed by atoms with Gasteiger partial charge in [-0.05, 0) is 52.8 Å². The minimum Gasteiger partial charge on any atom is -0.497 e. The standard InChI is InChI=1S/C20H23FO/c1-20(2,3)14-17(13-15-5-9-18(21)10-6-15)16-7-11-19(22-4)12-8-16/h5-12,14H,13H2,1-4H3/b17-14+. The first-order valence-corrected chi connectivity index (χ1v) is 7.48. The second kappa shape index (κ2) is 6.78. The Hall–Kier alpha value is -2.09. The molecular weight excluding hydrogens is 275 g/mol. The van der Waals surface area contributed by atoms with Crippen LogP contribution in [0.4, 0.5) is 4.39 Å². The molecule has 1 nitrogen and oxygen atoms in total. The molecule has 0 N–H and O–H groups in total. The van der Waals surface area contributed by atoms with Crippen molar-refractivity contribution in [3.8, 4) is 5.75 Å². The van der Waals surface area contributed by atoms with Crippen molar-refractivity contribution in [1.29, 1.82) is 0 Å². The third kappa shape index (κ3) is 4.73. The van der Waals surface area contributed by atoms with Crippen molar-refractivity contribution < 1.29 is 9.13 Å². The SMILES string of the molecule is COc1ccc(/C(=C/C(C)(C)C)Cc2ccc(F)cc2)cc1. The first-order valence-electron chi connectivity index (χ1n) is 7.48. The number of methoxy groups -OCH3 is 1. The molecule has 0 aliphatic carbocycles. The molecule has 2 rings (SSSR count). The summed E-state index contributed by atoms with van der Waals surface area (Å²) in [5.74, 6) is 0.648. The molecule has 0 radical (unpaired) electrons. The molecule has 0 aliphatic heterocycles. The maximum absolute atomic E-state index is 13.1. The molecule has 0 spiro atoms. The molecule has 0 aliphatic rings. The molecule has 0 amide bonds. The summed E-state index contributed by atoms with van der Waals surface area (Å²) < 4.78 is 18.3. The van der Waals surface area contributed by atoms with Crippen LogP contribution in [0.2, 0.25) is 0 Å². The van der Waals surface area contributed by atoms with Crippen molar-refractivity contribution in [2.24, 2.45) is 5.41 Å². The Morgan fingerprint density at radius 1 is 1.00 bits per heavy atom. The maximum Gasteiger partial charge on any atom is 0.123 e. The van der Waals surface area contributed by atoms with Gasteiger partial charge in [0.15, 0.2) is 0 Å². The van der Waals surface area contributed by atoms with Crippen molar-refractivity contribution >= 4 is 5.57 Å². The topological polar surface area (TPSA) is 9.23 Å². The predicted molar refractivity (Wildman–Crippen MR) is 90.5 cm³/mol. The van der Waals surface area contributed by atoms with Gasteiger partial charge in [0.05, 0.1) is 7.11 Å². The lowest BCUT2D eigenvalue weighted by Crippen LogP contribution is -2.03. The summed E-state index contributed by atoms with van der Waals surface area (Å²) in [6.45, 7) is 6.55. The summed E-state index contributed by atoms with van der Waals surface area (Å²) in [6.07, 6.45) is 3.06. The van der Waals surface area contributed by atoms with E-state index in [2.05, 4.69) is 39.0 Å². The van der Waals surface area contributed by atoms with Gasteiger partial charge in [-0.1, -0.05) is 51.1 Å². The quantitative estimate of drug-likeness (QED) is 0.723. The molecule has 0 saturated carbocycles. The molecule has 0 heterocycles. The van der Waals surface area contributed by atoms with E-state index in [-0.39, 0.29) is 11.2 Å². The van der Waals surface area contributed by atoms with Gasteiger partial charge in [0, 0.05) is 0 Å². The van der Waals surface area contributed by atoms with Gasteiger partial charge in [-0.25, -0.2) is 4.39 Å². The number of hydrogen-bond donors (Lipinski definition) is 0. The van der Waals surface area contributed by atoms with Crippen LogP contribution in [0.5, 0.6) is 5.75 Å². The Balaban J connectivity index is 2.34. The number of halogens is 1. The fourth-order valence-corrected chi connectivity index (χ4v) is 2.39. The molecule has 0 bridgehead atoms. The minimum atomic E-state index is -0.199. The third-order valence-corrected chi connectivity index (χ3v) is 3.38. The van der Waals surface area contributed by atoms with Crippen molar-refractivity contribution in [3.63, 3.8) is 0 Å². The van der Waals surface area contributed by atoms with Gasteiger partial charge >= 0.3 is 0 Å². The fraction of sp³-hybridized carbons (Fsp3) is 0.300. The van der Waals surface area contributed by atoms with Crippen LogP contribution in [0.3, 0.4) is 0 Å². The summed E-state index contributed by atoms with van der Waals surface area (Å²) in [7, 11) is 1.67. The molecular formula is C20H23FO. The number of rotatable bonds is 4. The molecule has 0 unspecified atom stereocenters. The fourth-order valence-electron chi connectivity index (χ4n) is 2.39. The maximum atomic E-state index is 13.1. The highest BCUT2D eigenvalue weighted by atomic mass is 19.1. The Labute approximate surface area is 132 Å². The average Bonchev–Trinajstić information content (AvgIpc) is 2.48. The molecule has 0 atom stereocenters. The third-order valence-electron chi connectivity index (χ3n) is 3.38. The Bertz CT molecular complexity index is 631. The van der Waals surface area contributed by atoms with Crippen molar-refractivity contribution in [2.45, 2.75) is 27.2 Å². The van der Waals surface area contributed by atoms with Gasteiger partial charge in [0.1, 0.15) is 11.6 Å². The van der Waals surface area contributed by atoms with Crippen LogP contribution in [-0.2, 0) is 6.42 Å². The van der Waals surface area contributed by atoms with Gasteiger partial charge in [-0.3, -0.25) is 0 Å². The smallest absolute Gasteiger partial charge is 0.123 e. The van der Waals surface area contributed by atoms with E-state index in [1.54, 1.807) is 7.11 Å². The van der Waals surface area contributed by atoms with Crippen LogP contribution >= 0.6 is 0 Å². The van der Waals surface area contributed by atoms with Crippen molar-refractivity contribution in [3.05, 3.63) is 71.6 Å². The molecule has 2 aromatic carbocycles. The minimum absolute atomic E-state index is 0.0787. The Morgan fingerprint density at radius 2 is 1.59 bits per heavy atom. The largest absolute Gasteiger partial charge is 0.497 e. The lowest BCUT2D eigenvalue weighted by Gasteiger charge is -2.17.